The minimum Gasteiger partial charge on any atom is -0.481 e. The number of rotatable bonds is 10. The largest absolute Gasteiger partial charge is 0.481 e. The van der Waals surface area contributed by atoms with Crippen LogP contribution in [-0.4, -0.2) is 48.1 Å². The van der Waals surface area contributed by atoms with Crippen LogP contribution in [0.3, 0.4) is 0 Å². The van der Waals surface area contributed by atoms with Gasteiger partial charge in [0, 0.05) is 23.1 Å². The van der Waals surface area contributed by atoms with Gasteiger partial charge in [-0.3, -0.25) is 9.59 Å². The summed E-state index contributed by atoms with van der Waals surface area (Å²) in [6.45, 7) is 4.28. The Hall–Kier alpha value is -3.64. The SMILES string of the molecule is O=C(N1CCCC(CCc2ccccc2)C1)C1(c2ccc(Cl)cc2)CCC1.O=C(O)C1(c2ccc(Cl)cc2)CCC1.c1ccc(CCC2CCCNC2)cc1. The van der Waals surface area contributed by atoms with Crippen molar-refractivity contribution in [2.24, 2.45) is 11.8 Å². The summed E-state index contributed by atoms with van der Waals surface area (Å²) in [6.07, 6.45) is 15.6. The number of carboxylic acid groups (broad SMARTS) is 1. The molecule has 0 radical (unpaired) electrons. The molecule has 7 heteroatoms. The van der Waals surface area contributed by atoms with Crippen molar-refractivity contribution in [3.8, 4) is 0 Å². The first-order chi connectivity index (χ1) is 26.8. The molecule has 55 heavy (non-hydrogen) atoms. The van der Waals surface area contributed by atoms with E-state index in [4.69, 9.17) is 23.2 Å². The molecule has 2 aliphatic carbocycles. The highest BCUT2D eigenvalue weighted by atomic mass is 35.5. The number of aliphatic carboxylic acids is 1. The van der Waals surface area contributed by atoms with Gasteiger partial charge in [0.05, 0.1) is 10.8 Å². The van der Waals surface area contributed by atoms with E-state index in [9.17, 15) is 14.7 Å². The summed E-state index contributed by atoms with van der Waals surface area (Å²) in [4.78, 5) is 26.8. The van der Waals surface area contributed by atoms with Gasteiger partial charge in [-0.1, -0.05) is 121 Å². The standard InChI is InChI=1S/C24H28ClNO.C13H19N.C11H11ClO2/c25-22-13-11-21(12-14-22)24(15-5-16-24)23(27)26-17-4-8-20(18-26)10-9-19-6-2-1-3-7-19;1-2-5-12(6-3-1)8-9-13-7-4-10-14-11-13;12-9-4-2-8(3-5-9)11(10(13)14)6-1-7-11/h1-3,6-7,11-14,20H,4-5,8-10,15-18H2;1-3,5-6,13-14H,4,7-11H2;2-5H,1,6-7H2,(H,13,14). The summed E-state index contributed by atoms with van der Waals surface area (Å²) < 4.78 is 0. The fraction of sp³-hybridized carbons (Fsp3) is 0.458. The molecule has 2 aliphatic heterocycles. The number of aryl methyl sites for hydroxylation is 2. The molecule has 2 N–H and O–H groups in total. The molecule has 4 aromatic carbocycles. The Bertz CT molecular complexity index is 1770. The Labute approximate surface area is 338 Å². The summed E-state index contributed by atoms with van der Waals surface area (Å²) >= 11 is 11.8. The van der Waals surface area contributed by atoms with Crippen LogP contribution in [0.4, 0.5) is 0 Å². The normalized spacial score (nSPS) is 20.9. The van der Waals surface area contributed by atoms with Gasteiger partial charge in [-0.05, 0) is 148 Å². The molecule has 4 aliphatic rings. The zero-order chi connectivity index (χ0) is 38.5. The zero-order valence-electron chi connectivity index (χ0n) is 32.2. The molecular weight excluding hydrogens is 723 g/mol. The van der Waals surface area contributed by atoms with Gasteiger partial charge >= 0.3 is 5.97 Å². The number of piperidine rings is 2. The maximum Gasteiger partial charge on any atom is 0.314 e. The van der Waals surface area contributed by atoms with Crippen LogP contribution in [0.15, 0.2) is 109 Å². The van der Waals surface area contributed by atoms with Crippen LogP contribution >= 0.6 is 23.2 Å². The van der Waals surface area contributed by atoms with Crippen molar-refractivity contribution in [3.63, 3.8) is 0 Å². The molecule has 2 saturated heterocycles. The van der Waals surface area contributed by atoms with E-state index < -0.39 is 11.4 Å². The molecule has 5 nitrogen and oxygen atoms in total. The van der Waals surface area contributed by atoms with Crippen molar-refractivity contribution < 1.29 is 14.7 Å². The van der Waals surface area contributed by atoms with Crippen molar-refractivity contribution in [1.29, 1.82) is 0 Å². The third kappa shape index (κ3) is 10.8. The molecule has 0 spiro atoms. The smallest absolute Gasteiger partial charge is 0.314 e. The monoisotopic (exact) mass is 780 g/mol. The number of hydrogen-bond donors (Lipinski definition) is 2. The number of nitrogens with one attached hydrogen (secondary N) is 1. The first-order valence-electron chi connectivity index (χ1n) is 20.6. The summed E-state index contributed by atoms with van der Waals surface area (Å²) in [6, 6.07) is 36.6. The molecule has 4 fully saturated rings. The predicted octanol–water partition coefficient (Wildman–Crippen LogP) is 11.1. The van der Waals surface area contributed by atoms with Gasteiger partial charge in [0.1, 0.15) is 0 Å². The van der Waals surface area contributed by atoms with E-state index >= 15 is 0 Å². The lowest BCUT2D eigenvalue weighted by molar-refractivity contribution is -0.147. The minimum absolute atomic E-state index is 0.300. The van der Waals surface area contributed by atoms with E-state index in [2.05, 4.69) is 83.0 Å². The molecule has 1 amide bonds. The molecule has 0 bridgehead atoms. The second-order valence-corrected chi connectivity index (χ2v) is 17.1. The minimum atomic E-state index is -0.717. The van der Waals surface area contributed by atoms with E-state index in [-0.39, 0.29) is 5.41 Å². The van der Waals surface area contributed by atoms with Crippen molar-refractivity contribution in [2.45, 2.75) is 101 Å². The molecule has 4 aromatic rings. The maximum absolute atomic E-state index is 13.5. The highest BCUT2D eigenvalue weighted by molar-refractivity contribution is 6.30. The van der Waals surface area contributed by atoms with Crippen LogP contribution in [0.1, 0.15) is 99.3 Å². The second kappa shape index (κ2) is 20.0. The van der Waals surface area contributed by atoms with Gasteiger partial charge < -0.3 is 15.3 Å². The second-order valence-electron chi connectivity index (χ2n) is 16.2. The van der Waals surface area contributed by atoms with Crippen LogP contribution in [-0.2, 0) is 33.3 Å². The van der Waals surface area contributed by atoms with E-state index in [1.165, 1.54) is 62.7 Å². The lowest BCUT2D eigenvalue weighted by Crippen LogP contribution is -2.53. The molecule has 2 atom stereocenters. The summed E-state index contributed by atoms with van der Waals surface area (Å²) in [5.41, 5.74) is 3.97. The first-order valence-corrected chi connectivity index (χ1v) is 21.4. The molecular formula is C48H58Cl2N2O3. The fourth-order valence-corrected chi connectivity index (χ4v) is 9.09. The Morgan fingerprint density at radius 1 is 0.636 bits per heavy atom. The van der Waals surface area contributed by atoms with Crippen molar-refractivity contribution in [2.75, 3.05) is 26.2 Å². The maximum atomic E-state index is 13.5. The Balaban J connectivity index is 0.000000155. The number of halogens is 2. The lowest BCUT2D eigenvalue weighted by atomic mass is 9.63. The van der Waals surface area contributed by atoms with E-state index in [0.717, 1.165) is 86.5 Å². The molecule has 2 unspecified atom stereocenters. The van der Waals surface area contributed by atoms with Crippen LogP contribution in [0.5, 0.6) is 0 Å². The third-order valence-electron chi connectivity index (χ3n) is 12.6. The van der Waals surface area contributed by atoms with Crippen LogP contribution < -0.4 is 5.32 Å². The van der Waals surface area contributed by atoms with E-state index in [0.29, 0.717) is 16.8 Å². The Morgan fingerprint density at radius 3 is 1.58 bits per heavy atom. The van der Waals surface area contributed by atoms with Crippen LogP contribution in [0, 0.1) is 11.8 Å². The van der Waals surface area contributed by atoms with Gasteiger partial charge in [0.15, 0.2) is 0 Å². The predicted molar refractivity (Wildman–Crippen MR) is 226 cm³/mol. The van der Waals surface area contributed by atoms with E-state index in [1.54, 1.807) is 12.1 Å². The van der Waals surface area contributed by atoms with Gasteiger partial charge in [0.25, 0.3) is 0 Å². The highest BCUT2D eigenvalue weighted by Gasteiger charge is 2.48. The topological polar surface area (TPSA) is 69.6 Å². The third-order valence-corrected chi connectivity index (χ3v) is 13.1. The van der Waals surface area contributed by atoms with Gasteiger partial charge in [0.2, 0.25) is 5.91 Å². The van der Waals surface area contributed by atoms with E-state index in [1.807, 2.05) is 24.3 Å². The molecule has 8 rings (SSSR count). The van der Waals surface area contributed by atoms with Gasteiger partial charge in [-0.15, -0.1) is 0 Å². The number of carboxylic acids is 1. The number of amides is 1. The van der Waals surface area contributed by atoms with Crippen LogP contribution in [0.25, 0.3) is 0 Å². The van der Waals surface area contributed by atoms with Crippen molar-refractivity contribution in [1.82, 2.24) is 10.2 Å². The average molecular weight is 782 g/mol. The number of likely N-dealkylation sites (tertiary alicyclic amines) is 1. The highest BCUT2D eigenvalue weighted by Crippen LogP contribution is 2.46. The molecule has 2 saturated carbocycles. The number of benzene rings is 4. The van der Waals surface area contributed by atoms with Gasteiger partial charge in [-0.25, -0.2) is 0 Å². The molecule has 2 heterocycles. The summed E-state index contributed by atoms with van der Waals surface area (Å²) in [5.74, 6) is 1.15. The summed E-state index contributed by atoms with van der Waals surface area (Å²) in [7, 11) is 0. The lowest BCUT2D eigenvalue weighted by Gasteiger charge is -2.46. The van der Waals surface area contributed by atoms with Crippen LogP contribution in [0.2, 0.25) is 10.0 Å². The Morgan fingerprint density at radius 2 is 1.13 bits per heavy atom. The fourth-order valence-electron chi connectivity index (χ4n) is 8.84. The number of carbonyl (C=O) groups excluding carboxylic acids is 1. The van der Waals surface area contributed by atoms with Gasteiger partial charge in [-0.2, -0.15) is 0 Å². The quantitative estimate of drug-likeness (QED) is 0.168. The first kappa shape index (κ1) is 41.0. The number of hydrogen-bond acceptors (Lipinski definition) is 3. The Kier molecular flexibility index (Phi) is 14.9. The molecule has 292 valence electrons. The number of carbonyl (C=O) groups is 2. The summed E-state index contributed by atoms with van der Waals surface area (Å²) in [5, 5.41) is 14.0. The molecule has 0 aromatic heterocycles. The van der Waals surface area contributed by atoms with Crippen molar-refractivity contribution in [3.05, 3.63) is 141 Å². The van der Waals surface area contributed by atoms with Crippen molar-refractivity contribution >= 4 is 35.1 Å². The number of nitrogens with zero attached hydrogens (tertiary/aromatic N) is 1. The zero-order valence-corrected chi connectivity index (χ0v) is 33.8. The average Bonchev–Trinajstić information content (AvgIpc) is 3.18.